The van der Waals surface area contributed by atoms with Crippen LogP contribution >= 0.6 is 0 Å². The average molecular weight is 485 g/mol. The fraction of sp³-hybridized carbons (Fsp3) is 0.346. The number of alkyl halides is 3. The molecule has 2 aromatic carbocycles. The van der Waals surface area contributed by atoms with Crippen LogP contribution in [0.1, 0.15) is 39.3 Å². The lowest BCUT2D eigenvalue weighted by molar-refractivity contribution is -0.137. The highest BCUT2D eigenvalue weighted by Crippen LogP contribution is 2.30. The average Bonchev–Trinajstić information content (AvgIpc) is 3.05. The number of rotatable bonds is 4. The van der Waals surface area contributed by atoms with Gasteiger partial charge in [0, 0.05) is 44.5 Å². The number of halogens is 3. The van der Waals surface area contributed by atoms with Crippen LogP contribution in [0.3, 0.4) is 0 Å². The predicted molar refractivity (Wildman–Crippen MR) is 127 cm³/mol. The minimum atomic E-state index is -4.52. The molecule has 4 rings (SSSR count). The summed E-state index contributed by atoms with van der Waals surface area (Å²) in [6, 6.07) is 14.2. The number of aromatic nitrogens is 2. The molecule has 1 aromatic heterocycles. The van der Waals surface area contributed by atoms with Gasteiger partial charge in [-0.1, -0.05) is 35.9 Å². The van der Waals surface area contributed by atoms with Crippen molar-refractivity contribution in [1.29, 1.82) is 0 Å². The molecule has 35 heavy (non-hydrogen) atoms. The molecule has 0 unspecified atom stereocenters. The minimum Gasteiger partial charge on any atom is -0.336 e. The summed E-state index contributed by atoms with van der Waals surface area (Å²) in [5.74, 6) is -0.507. The normalized spacial score (nSPS) is 15.2. The molecule has 0 bridgehead atoms. The number of aryl methyl sites for hydroxylation is 2. The van der Waals surface area contributed by atoms with Crippen molar-refractivity contribution in [2.75, 3.05) is 26.2 Å². The number of carbonyl (C=O) groups excluding carboxylic acids is 1. The second kappa shape index (κ2) is 10.0. The Morgan fingerprint density at radius 2 is 1.71 bits per heavy atom. The summed E-state index contributed by atoms with van der Waals surface area (Å²) in [6.45, 7) is 6.75. The minimum absolute atomic E-state index is 0.131. The zero-order valence-corrected chi connectivity index (χ0v) is 19.7. The summed E-state index contributed by atoms with van der Waals surface area (Å²) in [7, 11) is 0. The van der Waals surface area contributed by atoms with Gasteiger partial charge in [-0.2, -0.15) is 18.3 Å². The third kappa shape index (κ3) is 5.79. The Balaban J connectivity index is 1.53. The first kappa shape index (κ1) is 24.7. The first-order valence-corrected chi connectivity index (χ1v) is 11.5. The van der Waals surface area contributed by atoms with E-state index in [9.17, 15) is 22.8 Å². The van der Waals surface area contributed by atoms with Crippen LogP contribution in [0.2, 0.25) is 0 Å². The van der Waals surface area contributed by atoms with E-state index in [0.29, 0.717) is 25.3 Å². The van der Waals surface area contributed by atoms with Crippen molar-refractivity contribution in [2.24, 2.45) is 0 Å². The standard InChI is InChI=1S/C26H27F3N4O2/c1-18-7-9-20(10-8-18)17-31-11-4-12-32(14-13-31)25(35)24-23(34)15-19(2)33(30-24)22-6-3-5-21(16-22)26(27,28)29/h3,5-10,15-16H,4,11-14,17H2,1-2H3. The van der Waals surface area contributed by atoms with Crippen molar-refractivity contribution in [1.82, 2.24) is 19.6 Å². The Bertz CT molecular complexity index is 1270. The van der Waals surface area contributed by atoms with Gasteiger partial charge in [0.05, 0.1) is 11.3 Å². The van der Waals surface area contributed by atoms with Crippen LogP contribution in [-0.4, -0.2) is 51.7 Å². The molecule has 0 radical (unpaired) electrons. The highest BCUT2D eigenvalue weighted by molar-refractivity contribution is 5.92. The second-order valence-electron chi connectivity index (χ2n) is 8.87. The van der Waals surface area contributed by atoms with Crippen LogP contribution in [-0.2, 0) is 12.7 Å². The van der Waals surface area contributed by atoms with Crippen LogP contribution in [0.4, 0.5) is 13.2 Å². The van der Waals surface area contributed by atoms with Crippen molar-refractivity contribution in [3.63, 3.8) is 0 Å². The van der Waals surface area contributed by atoms with Crippen LogP contribution in [0, 0.1) is 13.8 Å². The topological polar surface area (TPSA) is 58.4 Å². The highest BCUT2D eigenvalue weighted by atomic mass is 19.4. The van der Waals surface area contributed by atoms with Crippen molar-refractivity contribution in [3.05, 3.63) is 92.9 Å². The zero-order chi connectivity index (χ0) is 25.2. The van der Waals surface area contributed by atoms with Gasteiger partial charge in [0.25, 0.3) is 5.91 Å². The molecule has 3 aromatic rings. The number of amides is 1. The van der Waals surface area contributed by atoms with Crippen LogP contribution < -0.4 is 5.43 Å². The van der Waals surface area contributed by atoms with Gasteiger partial charge in [-0.05, 0) is 44.0 Å². The van der Waals surface area contributed by atoms with Gasteiger partial charge in [0.2, 0.25) is 5.43 Å². The van der Waals surface area contributed by atoms with Crippen LogP contribution in [0.25, 0.3) is 5.69 Å². The maximum absolute atomic E-state index is 13.2. The van der Waals surface area contributed by atoms with E-state index < -0.39 is 23.1 Å². The van der Waals surface area contributed by atoms with Gasteiger partial charge in [-0.3, -0.25) is 14.5 Å². The Labute approximate surface area is 201 Å². The number of nitrogens with zero attached hydrogens (tertiary/aromatic N) is 4. The largest absolute Gasteiger partial charge is 0.416 e. The smallest absolute Gasteiger partial charge is 0.336 e. The molecule has 6 nitrogen and oxygen atoms in total. The highest BCUT2D eigenvalue weighted by Gasteiger charge is 2.31. The van der Waals surface area contributed by atoms with E-state index in [4.69, 9.17) is 0 Å². The Kier molecular flexibility index (Phi) is 7.07. The first-order valence-electron chi connectivity index (χ1n) is 11.5. The molecule has 1 saturated heterocycles. The van der Waals surface area contributed by atoms with Gasteiger partial charge in [-0.25, -0.2) is 4.68 Å². The zero-order valence-electron chi connectivity index (χ0n) is 19.7. The van der Waals surface area contributed by atoms with Crippen molar-refractivity contribution >= 4 is 5.91 Å². The summed E-state index contributed by atoms with van der Waals surface area (Å²) in [6.07, 6.45) is -3.77. The fourth-order valence-corrected chi connectivity index (χ4v) is 4.20. The molecular weight excluding hydrogens is 457 g/mol. The van der Waals surface area contributed by atoms with E-state index in [-0.39, 0.29) is 11.4 Å². The Morgan fingerprint density at radius 3 is 2.43 bits per heavy atom. The van der Waals surface area contributed by atoms with Crippen LogP contribution in [0.5, 0.6) is 0 Å². The van der Waals surface area contributed by atoms with E-state index in [1.807, 2.05) is 6.92 Å². The van der Waals surface area contributed by atoms with Gasteiger partial charge < -0.3 is 4.90 Å². The summed E-state index contributed by atoms with van der Waals surface area (Å²) >= 11 is 0. The van der Waals surface area contributed by atoms with Gasteiger partial charge in [-0.15, -0.1) is 0 Å². The molecule has 0 saturated carbocycles. The molecule has 0 spiro atoms. The number of carbonyl (C=O) groups is 1. The molecule has 0 N–H and O–H groups in total. The monoisotopic (exact) mass is 484 g/mol. The lowest BCUT2D eigenvalue weighted by Gasteiger charge is -2.22. The SMILES string of the molecule is Cc1ccc(CN2CCCN(C(=O)c3nn(-c4cccc(C(F)(F)F)c4)c(C)cc3=O)CC2)cc1. The molecule has 1 aliphatic heterocycles. The molecule has 1 fully saturated rings. The van der Waals surface area contributed by atoms with E-state index >= 15 is 0 Å². The summed E-state index contributed by atoms with van der Waals surface area (Å²) in [5, 5.41) is 4.20. The van der Waals surface area contributed by atoms with E-state index in [2.05, 4.69) is 34.3 Å². The summed E-state index contributed by atoms with van der Waals surface area (Å²) in [4.78, 5) is 29.8. The molecule has 9 heteroatoms. The van der Waals surface area contributed by atoms with E-state index in [1.54, 1.807) is 11.8 Å². The van der Waals surface area contributed by atoms with E-state index in [0.717, 1.165) is 31.6 Å². The number of hydrogen-bond donors (Lipinski definition) is 0. The van der Waals surface area contributed by atoms with Crippen molar-refractivity contribution < 1.29 is 18.0 Å². The molecular formula is C26H27F3N4O2. The molecule has 1 amide bonds. The predicted octanol–water partition coefficient (Wildman–Crippen LogP) is 4.22. The molecule has 1 aliphatic rings. The molecule has 184 valence electrons. The third-order valence-corrected chi connectivity index (χ3v) is 6.13. The van der Waals surface area contributed by atoms with Crippen molar-refractivity contribution in [2.45, 2.75) is 33.0 Å². The van der Waals surface area contributed by atoms with Crippen molar-refractivity contribution in [3.8, 4) is 5.69 Å². The molecule has 0 atom stereocenters. The number of hydrogen-bond acceptors (Lipinski definition) is 4. The lowest BCUT2D eigenvalue weighted by atomic mass is 10.1. The van der Waals surface area contributed by atoms with Gasteiger partial charge >= 0.3 is 6.18 Å². The lowest BCUT2D eigenvalue weighted by Crippen LogP contribution is -2.38. The number of benzene rings is 2. The fourth-order valence-electron chi connectivity index (χ4n) is 4.20. The summed E-state index contributed by atoms with van der Waals surface area (Å²) in [5.41, 5.74) is 1.19. The van der Waals surface area contributed by atoms with Gasteiger partial charge in [0.1, 0.15) is 0 Å². The Hall–Kier alpha value is -3.46. The maximum atomic E-state index is 13.2. The Morgan fingerprint density at radius 1 is 0.971 bits per heavy atom. The second-order valence-corrected chi connectivity index (χ2v) is 8.87. The van der Waals surface area contributed by atoms with E-state index in [1.165, 1.54) is 34.0 Å². The third-order valence-electron chi connectivity index (χ3n) is 6.13. The quantitative estimate of drug-likeness (QED) is 0.557. The summed E-state index contributed by atoms with van der Waals surface area (Å²) < 4.78 is 40.8. The first-order chi connectivity index (χ1) is 16.6. The van der Waals surface area contributed by atoms with Gasteiger partial charge in [0.15, 0.2) is 5.69 Å². The maximum Gasteiger partial charge on any atom is 0.416 e. The molecule has 0 aliphatic carbocycles. The van der Waals surface area contributed by atoms with Crippen LogP contribution in [0.15, 0.2) is 59.4 Å². The molecule has 2 heterocycles.